The van der Waals surface area contributed by atoms with Gasteiger partial charge in [-0.3, -0.25) is 4.98 Å². The lowest BCUT2D eigenvalue weighted by molar-refractivity contribution is 0.413. The Hall–Kier alpha value is -1.90. The summed E-state index contributed by atoms with van der Waals surface area (Å²) in [5.74, 6) is 0.238. The number of nitrogens with zero attached hydrogens (tertiary/aromatic N) is 1. The number of aromatic nitrogens is 1. The molecular weight excluding hydrogens is 193 g/mol. The van der Waals surface area contributed by atoms with Crippen LogP contribution in [0.25, 0.3) is 11.1 Å². The molecule has 0 unspecified atom stereocenters. The first-order valence-electron chi connectivity index (χ1n) is 4.56. The van der Waals surface area contributed by atoms with Gasteiger partial charge in [-0.2, -0.15) is 0 Å². The van der Waals surface area contributed by atoms with Crippen LogP contribution >= 0.6 is 0 Å². The van der Waals surface area contributed by atoms with Gasteiger partial charge in [-0.1, -0.05) is 6.07 Å². The van der Waals surface area contributed by atoms with Crippen LogP contribution in [0.5, 0.6) is 5.75 Å². The molecule has 1 heterocycles. The molecule has 3 heteroatoms. The highest BCUT2D eigenvalue weighted by molar-refractivity contribution is 5.70. The second-order valence-electron chi connectivity index (χ2n) is 3.05. The number of rotatable bonds is 2. The lowest BCUT2D eigenvalue weighted by Crippen LogP contribution is -1.91. The van der Waals surface area contributed by atoms with Crippen LogP contribution in [0, 0.1) is 5.82 Å². The number of benzene rings is 1. The van der Waals surface area contributed by atoms with E-state index in [0.29, 0.717) is 11.3 Å². The molecule has 0 radical (unpaired) electrons. The monoisotopic (exact) mass is 203 g/mol. The Morgan fingerprint density at radius 1 is 1.13 bits per heavy atom. The molecule has 0 spiro atoms. The molecule has 0 N–H and O–H groups in total. The lowest BCUT2D eigenvalue weighted by Gasteiger charge is -2.08. The molecule has 2 rings (SSSR count). The van der Waals surface area contributed by atoms with Crippen molar-refractivity contribution in [2.75, 3.05) is 7.11 Å². The standard InChI is InChI=1S/C12H10FNO/c1-15-11-4-2-3-10(13)12(11)9-5-7-14-8-6-9/h2-8H,1H3. The zero-order valence-electron chi connectivity index (χ0n) is 8.27. The van der Waals surface area contributed by atoms with Gasteiger partial charge >= 0.3 is 0 Å². The molecule has 0 saturated carbocycles. The number of ether oxygens (including phenoxy) is 1. The van der Waals surface area contributed by atoms with Gasteiger partial charge in [-0.25, -0.2) is 4.39 Å². The van der Waals surface area contributed by atoms with Crippen molar-refractivity contribution in [1.29, 1.82) is 0 Å². The van der Waals surface area contributed by atoms with Gasteiger partial charge in [0.15, 0.2) is 0 Å². The fraction of sp³-hybridized carbons (Fsp3) is 0.0833. The summed E-state index contributed by atoms with van der Waals surface area (Å²) in [7, 11) is 1.53. The van der Waals surface area contributed by atoms with Crippen molar-refractivity contribution in [3.8, 4) is 16.9 Å². The van der Waals surface area contributed by atoms with Crippen LogP contribution in [-0.2, 0) is 0 Å². The van der Waals surface area contributed by atoms with Crippen LogP contribution < -0.4 is 4.74 Å². The van der Waals surface area contributed by atoms with E-state index in [-0.39, 0.29) is 5.82 Å². The van der Waals surface area contributed by atoms with Gasteiger partial charge in [-0.15, -0.1) is 0 Å². The van der Waals surface area contributed by atoms with Crippen LogP contribution in [0.2, 0.25) is 0 Å². The molecule has 0 saturated heterocycles. The van der Waals surface area contributed by atoms with Crippen LogP contribution in [0.4, 0.5) is 4.39 Å². The molecular formula is C12H10FNO. The molecule has 0 bridgehead atoms. The van der Waals surface area contributed by atoms with Gasteiger partial charge in [0.2, 0.25) is 0 Å². The quantitative estimate of drug-likeness (QED) is 0.748. The highest BCUT2D eigenvalue weighted by Crippen LogP contribution is 2.31. The maximum absolute atomic E-state index is 13.6. The molecule has 2 aromatic rings. The molecule has 0 atom stereocenters. The third-order valence-electron chi connectivity index (χ3n) is 2.16. The second-order valence-corrected chi connectivity index (χ2v) is 3.05. The lowest BCUT2D eigenvalue weighted by atomic mass is 10.1. The Kier molecular flexibility index (Phi) is 2.63. The van der Waals surface area contributed by atoms with Gasteiger partial charge < -0.3 is 4.74 Å². The number of methoxy groups -OCH3 is 1. The number of hydrogen-bond donors (Lipinski definition) is 0. The van der Waals surface area contributed by atoms with Crippen molar-refractivity contribution in [2.45, 2.75) is 0 Å². The minimum Gasteiger partial charge on any atom is -0.496 e. The smallest absolute Gasteiger partial charge is 0.134 e. The van der Waals surface area contributed by atoms with Gasteiger partial charge in [0, 0.05) is 12.4 Å². The summed E-state index contributed by atoms with van der Waals surface area (Å²) in [5.41, 5.74) is 1.24. The molecule has 0 aliphatic carbocycles. The minimum atomic E-state index is -0.291. The third-order valence-corrected chi connectivity index (χ3v) is 2.16. The van der Waals surface area contributed by atoms with E-state index in [4.69, 9.17) is 4.74 Å². The zero-order chi connectivity index (χ0) is 10.7. The summed E-state index contributed by atoms with van der Waals surface area (Å²) < 4.78 is 18.7. The van der Waals surface area contributed by atoms with Crippen molar-refractivity contribution in [1.82, 2.24) is 4.98 Å². The molecule has 15 heavy (non-hydrogen) atoms. The van der Waals surface area contributed by atoms with E-state index in [1.807, 2.05) is 0 Å². The summed E-state index contributed by atoms with van der Waals surface area (Å²) in [6, 6.07) is 8.28. The van der Waals surface area contributed by atoms with Gasteiger partial charge in [0.1, 0.15) is 11.6 Å². The first-order chi connectivity index (χ1) is 7.33. The fourth-order valence-electron chi connectivity index (χ4n) is 1.47. The van der Waals surface area contributed by atoms with E-state index in [1.165, 1.54) is 13.2 Å². The first-order valence-corrected chi connectivity index (χ1v) is 4.56. The predicted molar refractivity (Wildman–Crippen MR) is 56.2 cm³/mol. The average molecular weight is 203 g/mol. The number of halogens is 1. The summed E-state index contributed by atoms with van der Waals surface area (Å²) >= 11 is 0. The predicted octanol–water partition coefficient (Wildman–Crippen LogP) is 2.90. The number of pyridine rings is 1. The van der Waals surface area contributed by atoms with Crippen LogP contribution in [-0.4, -0.2) is 12.1 Å². The van der Waals surface area contributed by atoms with E-state index in [1.54, 1.807) is 36.7 Å². The van der Waals surface area contributed by atoms with Gasteiger partial charge in [-0.05, 0) is 29.8 Å². The molecule has 0 aliphatic rings. The number of hydrogen-bond acceptors (Lipinski definition) is 2. The molecule has 0 fully saturated rings. The van der Waals surface area contributed by atoms with Gasteiger partial charge in [0.05, 0.1) is 12.7 Å². The highest BCUT2D eigenvalue weighted by atomic mass is 19.1. The van der Waals surface area contributed by atoms with Crippen molar-refractivity contribution in [2.24, 2.45) is 0 Å². The summed E-state index contributed by atoms with van der Waals surface area (Å²) in [6.45, 7) is 0. The molecule has 0 amide bonds. The van der Waals surface area contributed by atoms with Crippen molar-refractivity contribution >= 4 is 0 Å². The van der Waals surface area contributed by atoms with E-state index in [0.717, 1.165) is 5.56 Å². The largest absolute Gasteiger partial charge is 0.496 e. The molecule has 1 aromatic carbocycles. The van der Waals surface area contributed by atoms with Crippen LogP contribution in [0.15, 0.2) is 42.7 Å². The Bertz CT molecular complexity index is 456. The van der Waals surface area contributed by atoms with E-state index >= 15 is 0 Å². The highest BCUT2D eigenvalue weighted by Gasteiger charge is 2.10. The SMILES string of the molecule is COc1cccc(F)c1-c1ccncc1. The van der Waals surface area contributed by atoms with Crippen LogP contribution in [0.3, 0.4) is 0 Å². The molecule has 2 nitrogen and oxygen atoms in total. The Labute approximate surface area is 87.4 Å². The summed E-state index contributed by atoms with van der Waals surface area (Å²) in [5, 5.41) is 0. The van der Waals surface area contributed by atoms with Crippen LogP contribution in [0.1, 0.15) is 0 Å². The summed E-state index contributed by atoms with van der Waals surface area (Å²) in [6.07, 6.45) is 3.25. The second kappa shape index (κ2) is 4.09. The minimum absolute atomic E-state index is 0.291. The van der Waals surface area contributed by atoms with Gasteiger partial charge in [0.25, 0.3) is 0 Å². The third kappa shape index (κ3) is 1.81. The normalized spacial score (nSPS) is 10.0. The first kappa shape index (κ1) is 9.65. The Morgan fingerprint density at radius 3 is 2.53 bits per heavy atom. The van der Waals surface area contributed by atoms with Crippen molar-refractivity contribution in [3.05, 3.63) is 48.5 Å². The average Bonchev–Trinajstić information content (AvgIpc) is 2.29. The van der Waals surface area contributed by atoms with E-state index in [2.05, 4.69) is 4.98 Å². The molecule has 1 aromatic heterocycles. The van der Waals surface area contributed by atoms with E-state index < -0.39 is 0 Å². The molecule has 0 aliphatic heterocycles. The fourth-order valence-corrected chi connectivity index (χ4v) is 1.47. The maximum atomic E-state index is 13.6. The summed E-state index contributed by atoms with van der Waals surface area (Å²) in [4.78, 5) is 3.89. The Morgan fingerprint density at radius 2 is 1.87 bits per heavy atom. The van der Waals surface area contributed by atoms with E-state index in [9.17, 15) is 4.39 Å². The Balaban J connectivity index is 2.61. The van der Waals surface area contributed by atoms with Crippen molar-refractivity contribution < 1.29 is 9.13 Å². The molecule has 76 valence electrons. The van der Waals surface area contributed by atoms with Crippen molar-refractivity contribution in [3.63, 3.8) is 0 Å². The maximum Gasteiger partial charge on any atom is 0.134 e. The topological polar surface area (TPSA) is 22.1 Å². The zero-order valence-corrected chi connectivity index (χ0v) is 8.27.